The van der Waals surface area contributed by atoms with Gasteiger partial charge in [0.25, 0.3) is 0 Å². The van der Waals surface area contributed by atoms with Crippen LogP contribution in [0.1, 0.15) is 36.6 Å². The van der Waals surface area contributed by atoms with Gasteiger partial charge in [0, 0.05) is 11.9 Å². The summed E-state index contributed by atoms with van der Waals surface area (Å²) in [7, 11) is 0. The van der Waals surface area contributed by atoms with Crippen LogP contribution in [0.3, 0.4) is 0 Å². The molecule has 3 nitrogen and oxygen atoms in total. The molecule has 2 aromatic carbocycles. The first kappa shape index (κ1) is 14.7. The Labute approximate surface area is 142 Å². The van der Waals surface area contributed by atoms with Crippen LogP contribution < -0.4 is 0 Å². The van der Waals surface area contributed by atoms with E-state index < -0.39 is 0 Å². The first-order valence-corrected chi connectivity index (χ1v) is 8.34. The van der Waals surface area contributed by atoms with E-state index in [9.17, 15) is 5.26 Å². The second kappa shape index (κ2) is 5.65. The Morgan fingerprint density at radius 3 is 2.79 bits per heavy atom. The number of hydrogen-bond donors (Lipinski definition) is 0. The molecule has 4 rings (SSSR count). The van der Waals surface area contributed by atoms with Gasteiger partial charge in [0.05, 0.1) is 23.5 Å². The van der Waals surface area contributed by atoms with Crippen LogP contribution in [-0.4, -0.2) is 9.55 Å². The van der Waals surface area contributed by atoms with Crippen molar-refractivity contribution >= 4 is 0 Å². The summed E-state index contributed by atoms with van der Waals surface area (Å²) in [4.78, 5) is 4.37. The molecule has 1 unspecified atom stereocenters. The largest absolute Gasteiger partial charge is 0.325 e. The predicted octanol–water partition coefficient (Wildman–Crippen LogP) is 4.52. The molecule has 0 N–H and O–H groups in total. The van der Waals surface area contributed by atoms with E-state index in [1.807, 2.05) is 42.9 Å². The molecule has 0 aliphatic carbocycles. The monoisotopic (exact) mass is 313 g/mol. The van der Waals surface area contributed by atoms with Gasteiger partial charge in [-0.2, -0.15) is 5.26 Å². The third kappa shape index (κ3) is 2.23. The number of aryl methyl sites for hydroxylation is 1. The molecule has 1 aromatic heterocycles. The Morgan fingerprint density at radius 2 is 2.00 bits per heavy atom. The predicted molar refractivity (Wildman–Crippen MR) is 94.5 cm³/mol. The Kier molecular flexibility index (Phi) is 3.46. The van der Waals surface area contributed by atoms with Crippen molar-refractivity contribution < 1.29 is 0 Å². The zero-order chi connectivity index (χ0) is 16.6. The van der Waals surface area contributed by atoms with E-state index in [1.54, 1.807) is 0 Å². The molecule has 0 radical (unpaired) electrons. The van der Waals surface area contributed by atoms with Crippen molar-refractivity contribution in [1.82, 2.24) is 9.55 Å². The maximum Gasteiger partial charge on any atom is 0.0991 e. The Balaban J connectivity index is 1.96. The van der Waals surface area contributed by atoms with Gasteiger partial charge >= 0.3 is 0 Å². The number of rotatable bonds is 2. The molecule has 0 fully saturated rings. The molecule has 1 atom stereocenters. The minimum atomic E-state index is -0.136. The van der Waals surface area contributed by atoms with E-state index in [2.05, 4.69) is 40.7 Å². The van der Waals surface area contributed by atoms with E-state index in [0.717, 1.165) is 30.4 Å². The van der Waals surface area contributed by atoms with Gasteiger partial charge in [-0.1, -0.05) is 36.4 Å². The topological polar surface area (TPSA) is 41.6 Å². The molecule has 2 heterocycles. The zero-order valence-electron chi connectivity index (χ0n) is 13.7. The van der Waals surface area contributed by atoms with Gasteiger partial charge in [-0.05, 0) is 55.0 Å². The van der Waals surface area contributed by atoms with Crippen LogP contribution in [0, 0.1) is 11.3 Å². The Hall–Kier alpha value is -2.86. The van der Waals surface area contributed by atoms with E-state index in [0.29, 0.717) is 5.56 Å². The summed E-state index contributed by atoms with van der Waals surface area (Å²) in [5.74, 6) is 0. The zero-order valence-corrected chi connectivity index (χ0v) is 13.7. The molecule has 3 aromatic rings. The Morgan fingerprint density at radius 1 is 1.17 bits per heavy atom. The molecule has 24 heavy (non-hydrogen) atoms. The summed E-state index contributed by atoms with van der Waals surface area (Å²) in [5, 5.41) is 9.33. The van der Waals surface area contributed by atoms with Crippen molar-refractivity contribution in [3.8, 4) is 17.2 Å². The van der Waals surface area contributed by atoms with Crippen LogP contribution in [0.25, 0.3) is 11.1 Å². The number of nitriles is 1. The smallest absolute Gasteiger partial charge is 0.0991 e. The highest BCUT2D eigenvalue weighted by atomic mass is 15.1. The van der Waals surface area contributed by atoms with Gasteiger partial charge in [0.1, 0.15) is 0 Å². The van der Waals surface area contributed by atoms with Crippen molar-refractivity contribution in [1.29, 1.82) is 5.26 Å². The molecule has 0 bridgehead atoms. The van der Waals surface area contributed by atoms with Crippen molar-refractivity contribution in [3.63, 3.8) is 0 Å². The molecule has 0 amide bonds. The maximum atomic E-state index is 9.33. The van der Waals surface area contributed by atoms with Crippen LogP contribution in [0.5, 0.6) is 0 Å². The lowest BCUT2D eigenvalue weighted by molar-refractivity contribution is 0.313. The van der Waals surface area contributed by atoms with Crippen molar-refractivity contribution in [3.05, 3.63) is 77.9 Å². The molecule has 3 heteroatoms. The fourth-order valence-electron chi connectivity index (χ4n) is 3.89. The fourth-order valence-corrected chi connectivity index (χ4v) is 3.89. The first-order valence-electron chi connectivity index (χ1n) is 8.34. The minimum Gasteiger partial charge on any atom is -0.325 e. The van der Waals surface area contributed by atoms with Crippen LogP contribution >= 0.6 is 0 Å². The lowest BCUT2D eigenvalue weighted by Crippen LogP contribution is -2.36. The summed E-state index contributed by atoms with van der Waals surface area (Å²) < 4.78 is 2.31. The number of hydrogen-bond acceptors (Lipinski definition) is 2. The summed E-state index contributed by atoms with van der Waals surface area (Å²) in [6.07, 6.45) is 7.22. The van der Waals surface area contributed by atoms with Gasteiger partial charge in [0.2, 0.25) is 0 Å². The molecule has 1 aliphatic rings. The van der Waals surface area contributed by atoms with Crippen LogP contribution in [0.4, 0.5) is 0 Å². The van der Waals surface area contributed by atoms with Crippen LogP contribution in [-0.2, 0) is 12.0 Å². The third-order valence-electron chi connectivity index (χ3n) is 5.16. The summed E-state index contributed by atoms with van der Waals surface area (Å²) in [5.41, 5.74) is 5.39. The summed E-state index contributed by atoms with van der Waals surface area (Å²) >= 11 is 0. The number of aromatic nitrogens is 2. The second-order valence-electron chi connectivity index (χ2n) is 6.62. The fraction of sp³-hybridized carbons (Fsp3) is 0.238. The highest BCUT2D eigenvalue weighted by Crippen LogP contribution is 2.41. The number of benzene rings is 2. The Bertz CT molecular complexity index is 918. The number of imidazole rings is 1. The van der Waals surface area contributed by atoms with E-state index >= 15 is 0 Å². The number of fused-ring (bicyclic) bond motifs is 1. The van der Waals surface area contributed by atoms with Crippen molar-refractivity contribution in [2.24, 2.45) is 0 Å². The van der Waals surface area contributed by atoms with Gasteiger partial charge in [-0.15, -0.1) is 0 Å². The lowest BCUT2D eigenvalue weighted by atomic mass is 9.79. The lowest BCUT2D eigenvalue weighted by Gasteiger charge is -2.38. The van der Waals surface area contributed by atoms with E-state index in [-0.39, 0.29) is 5.54 Å². The highest BCUT2D eigenvalue weighted by Gasteiger charge is 2.35. The van der Waals surface area contributed by atoms with Crippen molar-refractivity contribution in [2.45, 2.75) is 31.7 Å². The van der Waals surface area contributed by atoms with E-state index in [1.165, 1.54) is 11.3 Å². The van der Waals surface area contributed by atoms with Gasteiger partial charge in [-0.3, -0.25) is 0 Å². The SMILES string of the molecule is CC1(c2ccc(C#N)cc2-c2ccccc2)CCCc2cncn21. The minimum absolute atomic E-state index is 0.136. The maximum absolute atomic E-state index is 9.33. The van der Waals surface area contributed by atoms with Crippen LogP contribution in [0.15, 0.2) is 61.1 Å². The molecule has 1 aliphatic heterocycles. The van der Waals surface area contributed by atoms with E-state index in [4.69, 9.17) is 0 Å². The molecular weight excluding hydrogens is 294 g/mol. The normalized spacial score (nSPS) is 19.5. The van der Waals surface area contributed by atoms with Gasteiger partial charge < -0.3 is 4.57 Å². The first-order chi connectivity index (χ1) is 11.7. The quantitative estimate of drug-likeness (QED) is 0.698. The number of nitrogens with zero attached hydrogens (tertiary/aromatic N) is 3. The average molecular weight is 313 g/mol. The molecular formula is C21H19N3. The third-order valence-corrected chi connectivity index (χ3v) is 5.16. The highest BCUT2D eigenvalue weighted by molar-refractivity contribution is 5.70. The van der Waals surface area contributed by atoms with Gasteiger partial charge in [0.15, 0.2) is 0 Å². The molecule has 118 valence electrons. The standard InChI is InChI=1S/C21H19N3/c1-21(11-5-8-18-14-23-15-24(18)21)20-10-9-16(13-22)12-19(20)17-6-3-2-4-7-17/h2-4,6-7,9-10,12,14-15H,5,8,11H2,1H3. The average Bonchev–Trinajstić information content (AvgIpc) is 3.12. The summed E-state index contributed by atoms with van der Waals surface area (Å²) in [6, 6.07) is 18.7. The van der Waals surface area contributed by atoms with Crippen LogP contribution in [0.2, 0.25) is 0 Å². The molecule has 0 saturated carbocycles. The summed E-state index contributed by atoms with van der Waals surface area (Å²) in [6.45, 7) is 2.28. The van der Waals surface area contributed by atoms with Gasteiger partial charge in [-0.25, -0.2) is 4.98 Å². The molecule has 0 spiro atoms. The molecule has 0 saturated heterocycles. The van der Waals surface area contributed by atoms with Crippen molar-refractivity contribution in [2.75, 3.05) is 0 Å². The second-order valence-corrected chi connectivity index (χ2v) is 6.62.